The zero-order chi connectivity index (χ0) is 22.0. The third kappa shape index (κ3) is 4.68. The van der Waals surface area contributed by atoms with Crippen LogP contribution in [0, 0.1) is 0 Å². The number of carbonyl (C=O) groups is 2. The SMILES string of the molecule is CC(O)c1cccc(NC(=O)c2cnc3c(c2)N(Cc2ccc(Cl)cc2)C(=O)CN3)c1. The number of amides is 2. The fraction of sp³-hybridized carbons (Fsp3) is 0.174. The second-order valence-electron chi connectivity index (χ2n) is 7.31. The van der Waals surface area contributed by atoms with Crippen LogP contribution in [0.15, 0.2) is 60.8 Å². The molecule has 1 aliphatic rings. The summed E-state index contributed by atoms with van der Waals surface area (Å²) in [5.41, 5.74) is 3.03. The molecule has 3 N–H and O–H groups in total. The number of nitrogens with zero attached hydrogens (tertiary/aromatic N) is 2. The number of nitrogens with one attached hydrogen (secondary N) is 2. The summed E-state index contributed by atoms with van der Waals surface area (Å²) in [4.78, 5) is 31.3. The lowest BCUT2D eigenvalue weighted by molar-refractivity contribution is -0.117. The normalized spacial score (nSPS) is 13.9. The van der Waals surface area contributed by atoms with Gasteiger partial charge in [0.2, 0.25) is 5.91 Å². The molecule has 158 valence electrons. The molecule has 1 aliphatic heterocycles. The molecule has 2 amide bonds. The summed E-state index contributed by atoms with van der Waals surface area (Å²) in [6.07, 6.45) is 0.830. The van der Waals surface area contributed by atoms with Crippen LogP contribution in [-0.4, -0.2) is 28.4 Å². The number of hydrogen-bond donors (Lipinski definition) is 3. The molecular formula is C23H21ClN4O3. The molecule has 7 nitrogen and oxygen atoms in total. The highest BCUT2D eigenvalue weighted by Crippen LogP contribution is 2.30. The molecule has 0 saturated carbocycles. The number of halogens is 1. The Kier molecular flexibility index (Phi) is 5.88. The molecular weight excluding hydrogens is 416 g/mol. The first-order chi connectivity index (χ1) is 14.9. The number of rotatable bonds is 5. The molecule has 8 heteroatoms. The Morgan fingerprint density at radius 2 is 2.03 bits per heavy atom. The first-order valence-electron chi connectivity index (χ1n) is 9.79. The average Bonchev–Trinajstić information content (AvgIpc) is 2.77. The number of anilines is 3. The van der Waals surface area contributed by atoms with Crippen molar-refractivity contribution in [3.05, 3.63) is 82.5 Å². The third-order valence-corrected chi connectivity index (χ3v) is 5.26. The van der Waals surface area contributed by atoms with Gasteiger partial charge in [-0.1, -0.05) is 35.9 Å². The lowest BCUT2D eigenvalue weighted by Gasteiger charge is -2.29. The summed E-state index contributed by atoms with van der Waals surface area (Å²) in [5, 5.41) is 16.2. The predicted molar refractivity (Wildman–Crippen MR) is 120 cm³/mol. The fourth-order valence-electron chi connectivity index (χ4n) is 3.33. The van der Waals surface area contributed by atoms with E-state index in [1.807, 2.05) is 12.1 Å². The van der Waals surface area contributed by atoms with Gasteiger partial charge in [-0.2, -0.15) is 0 Å². The first-order valence-corrected chi connectivity index (χ1v) is 10.2. The van der Waals surface area contributed by atoms with Crippen molar-refractivity contribution in [3.8, 4) is 0 Å². The van der Waals surface area contributed by atoms with Crippen molar-refractivity contribution < 1.29 is 14.7 Å². The molecule has 31 heavy (non-hydrogen) atoms. The van der Waals surface area contributed by atoms with Gasteiger partial charge in [0.1, 0.15) is 0 Å². The minimum atomic E-state index is -0.638. The number of benzene rings is 2. The minimum absolute atomic E-state index is 0.119. The highest BCUT2D eigenvalue weighted by molar-refractivity contribution is 6.30. The summed E-state index contributed by atoms with van der Waals surface area (Å²) in [5.74, 6) is 0.0650. The monoisotopic (exact) mass is 436 g/mol. The van der Waals surface area contributed by atoms with Gasteiger partial charge in [0.15, 0.2) is 5.82 Å². The van der Waals surface area contributed by atoms with E-state index in [0.717, 1.165) is 5.56 Å². The van der Waals surface area contributed by atoms with E-state index in [-0.39, 0.29) is 18.4 Å². The van der Waals surface area contributed by atoms with Gasteiger partial charge in [0.05, 0.1) is 30.4 Å². The average molecular weight is 437 g/mol. The second-order valence-corrected chi connectivity index (χ2v) is 7.74. The molecule has 0 saturated heterocycles. The smallest absolute Gasteiger partial charge is 0.257 e. The maximum atomic E-state index is 12.8. The predicted octanol–water partition coefficient (Wildman–Crippen LogP) is 4.00. The summed E-state index contributed by atoms with van der Waals surface area (Å²) in [6, 6.07) is 15.9. The molecule has 0 fully saturated rings. The van der Waals surface area contributed by atoms with E-state index in [9.17, 15) is 14.7 Å². The topological polar surface area (TPSA) is 94.6 Å². The van der Waals surface area contributed by atoms with Gasteiger partial charge >= 0.3 is 0 Å². The molecule has 0 bridgehead atoms. The largest absolute Gasteiger partial charge is 0.389 e. The van der Waals surface area contributed by atoms with Gasteiger partial charge in [0.25, 0.3) is 5.91 Å². The molecule has 1 atom stereocenters. The van der Waals surface area contributed by atoms with Gasteiger partial charge in [0, 0.05) is 16.9 Å². The first kappa shape index (κ1) is 20.8. The van der Waals surface area contributed by atoms with Gasteiger partial charge < -0.3 is 20.6 Å². The van der Waals surface area contributed by atoms with Crippen molar-refractivity contribution in [2.24, 2.45) is 0 Å². The third-order valence-electron chi connectivity index (χ3n) is 5.01. The quantitative estimate of drug-likeness (QED) is 0.562. The molecule has 2 heterocycles. The van der Waals surface area contributed by atoms with Gasteiger partial charge in [-0.25, -0.2) is 4.98 Å². The molecule has 1 aromatic heterocycles. The Hall–Kier alpha value is -3.42. The van der Waals surface area contributed by atoms with Crippen molar-refractivity contribution in [2.75, 3.05) is 22.1 Å². The highest BCUT2D eigenvalue weighted by Gasteiger charge is 2.26. The summed E-state index contributed by atoms with van der Waals surface area (Å²) in [7, 11) is 0. The van der Waals surface area contributed by atoms with E-state index in [1.54, 1.807) is 54.3 Å². The maximum Gasteiger partial charge on any atom is 0.257 e. The van der Waals surface area contributed by atoms with Gasteiger partial charge in [-0.15, -0.1) is 0 Å². The Balaban J connectivity index is 1.59. The van der Waals surface area contributed by atoms with Crippen LogP contribution in [0.1, 0.15) is 34.5 Å². The lowest BCUT2D eigenvalue weighted by atomic mass is 10.1. The maximum absolute atomic E-state index is 12.8. The van der Waals surface area contributed by atoms with Gasteiger partial charge in [-0.3, -0.25) is 9.59 Å². The number of pyridine rings is 1. The van der Waals surface area contributed by atoms with Crippen molar-refractivity contribution in [1.29, 1.82) is 0 Å². The summed E-state index contributed by atoms with van der Waals surface area (Å²) >= 11 is 5.95. The number of hydrogen-bond acceptors (Lipinski definition) is 5. The Morgan fingerprint density at radius 3 is 2.77 bits per heavy atom. The van der Waals surface area contributed by atoms with Crippen LogP contribution >= 0.6 is 11.6 Å². The number of aliphatic hydroxyl groups excluding tert-OH is 1. The molecule has 2 aromatic carbocycles. The fourth-order valence-corrected chi connectivity index (χ4v) is 3.46. The van der Waals surface area contributed by atoms with E-state index in [2.05, 4.69) is 15.6 Å². The van der Waals surface area contributed by atoms with Crippen molar-refractivity contribution in [2.45, 2.75) is 19.6 Å². The second kappa shape index (κ2) is 8.75. The number of fused-ring (bicyclic) bond motifs is 1. The minimum Gasteiger partial charge on any atom is -0.389 e. The molecule has 4 rings (SSSR count). The number of aliphatic hydroxyl groups is 1. The van der Waals surface area contributed by atoms with Crippen LogP contribution in [0.5, 0.6) is 0 Å². The Morgan fingerprint density at radius 1 is 1.26 bits per heavy atom. The van der Waals surface area contributed by atoms with Crippen molar-refractivity contribution in [3.63, 3.8) is 0 Å². The van der Waals surface area contributed by atoms with E-state index >= 15 is 0 Å². The van der Waals surface area contributed by atoms with E-state index in [1.165, 1.54) is 6.20 Å². The number of carbonyl (C=O) groups excluding carboxylic acids is 2. The molecule has 0 spiro atoms. The standard InChI is InChI=1S/C23H21ClN4O3/c1-14(29)16-3-2-4-19(9-16)27-23(31)17-10-20-22(25-11-17)26-12-21(30)28(20)13-15-5-7-18(24)8-6-15/h2-11,14,29H,12-13H2,1H3,(H,25,26)(H,27,31). The van der Waals surface area contributed by atoms with E-state index < -0.39 is 6.10 Å². The van der Waals surface area contributed by atoms with E-state index in [4.69, 9.17) is 11.6 Å². The van der Waals surface area contributed by atoms with E-state index in [0.29, 0.717) is 39.9 Å². The van der Waals surface area contributed by atoms with Crippen LogP contribution in [0.3, 0.4) is 0 Å². The zero-order valence-electron chi connectivity index (χ0n) is 16.8. The van der Waals surface area contributed by atoms with Crippen LogP contribution < -0.4 is 15.5 Å². The Bertz CT molecular complexity index is 1130. The molecule has 3 aromatic rings. The van der Waals surface area contributed by atoms with Gasteiger partial charge in [-0.05, 0) is 48.4 Å². The van der Waals surface area contributed by atoms with Crippen LogP contribution in [0.2, 0.25) is 5.02 Å². The zero-order valence-corrected chi connectivity index (χ0v) is 17.6. The van der Waals surface area contributed by atoms with Crippen LogP contribution in [-0.2, 0) is 11.3 Å². The molecule has 1 unspecified atom stereocenters. The van der Waals surface area contributed by atoms with Crippen LogP contribution in [0.4, 0.5) is 17.2 Å². The Labute approximate surface area is 184 Å². The van der Waals surface area contributed by atoms with Crippen molar-refractivity contribution >= 4 is 40.6 Å². The highest BCUT2D eigenvalue weighted by atomic mass is 35.5. The number of aromatic nitrogens is 1. The summed E-state index contributed by atoms with van der Waals surface area (Å²) in [6.45, 7) is 2.13. The summed E-state index contributed by atoms with van der Waals surface area (Å²) < 4.78 is 0. The van der Waals surface area contributed by atoms with Crippen molar-refractivity contribution in [1.82, 2.24) is 4.98 Å². The lowest BCUT2D eigenvalue weighted by Crippen LogP contribution is -2.40. The van der Waals surface area contributed by atoms with Crippen LogP contribution in [0.25, 0.3) is 0 Å². The molecule has 0 radical (unpaired) electrons. The molecule has 0 aliphatic carbocycles.